The van der Waals surface area contributed by atoms with Gasteiger partial charge in [-0.3, -0.25) is 9.69 Å². The standard InChI is InChI=1S/C10H14N4O3/c1-14-4-6-7(5-14)12-10(11-3-8(15)16)13-9(6)17-2/h3-5H2,1-2H3,(H,15,16)(H,11,12,13). The number of carboxylic acids is 1. The highest BCUT2D eigenvalue weighted by molar-refractivity contribution is 5.71. The lowest BCUT2D eigenvalue weighted by Crippen LogP contribution is -2.15. The molecule has 0 saturated carbocycles. The van der Waals surface area contributed by atoms with E-state index in [1.54, 1.807) is 7.11 Å². The topological polar surface area (TPSA) is 87.6 Å². The number of ether oxygens (including phenoxy) is 1. The Morgan fingerprint density at radius 3 is 2.94 bits per heavy atom. The van der Waals surface area contributed by atoms with Crippen LogP contribution in [0.4, 0.5) is 5.95 Å². The molecule has 1 aromatic heterocycles. The molecule has 0 bridgehead atoms. The molecule has 7 heteroatoms. The van der Waals surface area contributed by atoms with Gasteiger partial charge in [-0.15, -0.1) is 0 Å². The molecule has 0 fully saturated rings. The number of hydrogen-bond donors (Lipinski definition) is 2. The van der Waals surface area contributed by atoms with Crippen molar-refractivity contribution < 1.29 is 14.6 Å². The highest BCUT2D eigenvalue weighted by Gasteiger charge is 2.23. The molecule has 0 atom stereocenters. The molecule has 0 aliphatic carbocycles. The Hall–Kier alpha value is -1.89. The smallest absolute Gasteiger partial charge is 0.322 e. The first-order valence-electron chi connectivity index (χ1n) is 5.18. The maximum absolute atomic E-state index is 10.5. The second-order valence-corrected chi connectivity index (χ2v) is 3.90. The van der Waals surface area contributed by atoms with Crippen LogP contribution in [0.25, 0.3) is 0 Å². The van der Waals surface area contributed by atoms with E-state index in [-0.39, 0.29) is 6.54 Å². The quantitative estimate of drug-likeness (QED) is 0.759. The van der Waals surface area contributed by atoms with E-state index in [0.29, 0.717) is 11.8 Å². The summed E-state index contributed by atoms with van der Waals surface area (Å²) in [5.74, 6) is -0.157. The fraction of sp³-hybridized carbons (Fsp3) is 0.500. The Morgan fingerprint density at radius 2 is 2.29 bits per heavy atom. The lowest BCUT2D eigenvalue weighted by atomic mass is 10.2. The number of carboxylic acid groups (broad SMARTS) is 1. The van der Waals surface area contributed by atoms with Gasteiger partial charge in [-0.1, -0.05) is 0 Å². The predicted octanol–water partition coefficient (Wildman–Crippen LogP) is -0.0729. The van der Waals surface area contributed by atoms with E-state index in [1.807, 2.05) is 7.05 Å². The van der Waals surface area contributed by atoms with Crippen LogP contribution < -0.4 is 10.1 Å². The van der Waals surface area contributed by atoms with Gasteiger partial charge in [0.2, 0.25) is 11.8 Å². The average Bonchev–Trinajstić information content (AvgIpc) is 2.65. The lowest BCUT2D eigenvalue weighted by molar-refractivity contribution is -0.134. The summed E-state index contributed by atoms with van der Waals surface area (Å²) in [5, 5.41) is 11.2. The molecule has 92 valence electrons. The molecule has 1 aromatic rings. The molecule has 7 nitrogen and oxygen atoms in total. The van der Waals surface area contributed by atoms with Gasteiger partial charge in [0.25, 0.3) is 0 Å². The van der Waals surface area contributed by atoms with Crippen LogP contribution in [0.15, 0.2) is 0 Å². The van der Waals surface area contributed by atoms with Crippen molar-refractivity contribution in [2.45, 2.75) is 13.1 Å². The first kappa shape index (κ1) is 11.6. The van der Waals surface area contributed by atoms with Crippen LogP contribution in [0.3, 0.4) is 0 Å². The van der Waals surface area contributed by atoms with E-state index in [9.17, 15) is 4.79 Å². The molecule has 0 saturated heterocycles. The maximum atomic E-state index is 10.5. The number of aliphatic carboxylic acids is 1. The van der Waals surface area contributed by atoms with Crippen LogP contribution >= 0.6 is 0 Å². The molecular weight excluding hydrogens is 224 g/mol. The summed E-state index contributed by atoms with van der Waals surface area (Å²) < 4.78 is 5.19. The molecule has 2 N–H and O–H groups in total. The van der Waals surface area contributed by atoms with E-state index in [2.05, 4.69) is 20.2 Å². The summed E-state index contributed by atoms with van der Waals surface area (Å²) in [6.07, 6.45) is 0. The molecule has 1 aliphatic heterocycles. The minimum atomic E-state index is -0.954. The number of nitrogens with zero attached hydrogens (tertiary/aromatic N) is 3. The number of rotatable bonds is 4. The van der Waals surface area contributed by atoms with Crippen molar-refractivity contribution in [3.8, 4) is 5.88 Å². The zero-order valence-corrected chi connectivity index (χ0v) is 9.73. The van der Waals surface area contributed by atoms with Crippen LogP contribution in [0.2, 0.25) is 0 Å². The van der Waals surface area contributed by atoms with Gasteiger partial charge in [-0.05, 0) is 7.05 Å². The van der Waals surface area contributed by atoms with Crippen LogP contribution in [0, 0.1) is 0 Å². The Balaban J connectivity index is 2.25. The number of fused-ring (bicyclic) bond motifs is 1. The third-order valence-corrected chi connectivity index (χ3v) is 2.49. The van der Waals surface area contributed by atoms with Gasteiger partial charge in [0.15, 0.2) is 0 Å². The zero-order valence-electron chi connectivity index (χ0n) is 9.73. The minimum Gasteiger partial charge on any atom is -0.481 e. The van der Waals surface area contributed by atoms with Gasteiger partial charge in [0.05, 0.1) is 18.4 Å². The van der Waals surface area contributed by atoms with Crippen molar-refractivity contribution in [2.75, 3.05) is 26.0 Å². The monoisotopic (exact) mass is 238 g/mol. The summed E-state index contributed by atoms with van der Waals surface area (Å²) in [4.78, 5) is 21.0. The highest BCUT2D eigenvalue weighted by Crippen LogP contribution is 2.28. The van der Waals surface area contributed by atoms with Gasteiger partial charge in [-0.2, -0.15) is 4.98 Å². The lowest BCUT2D eigenvalue weighted by Gasteiger charge is -2.08. The van der Waals surface area contributed by atoms with Crippen LogP contribution in [-0.2, 0) is 17.9 Å². The minimum absolute atomic E-state index is 0.211. The molecule has 0 unspecified atom stereocenters. The van der Waals surface area contributed by atoms with Gasteiger partial charge in [0, 0.05) is 13.1 Å². The molecule has 0 amide bonds. The Bertz CT molecular complexity index is 449. The number of carbonyl (C=O) groups is 1. The Labute approximate surface area is 98.4 Å². The van der Waals surface area contributed by atoms with E-state index < -0.39 is 5.97 Å². The van der Waals surface area contributed by atoms with Crippen molar-refractivity contribution in [2.24, 2.45) is 0 Å². The summed E-state index contributed by atoms with van der Waals surface area (Å²) in [5.41, 5.74) is 1.85. The van der Waals surface area contributed by atoms with Crippen molar-refractivity contribution in [1.82, 2.24) is 14.9 Å². The van der Waals surface area contributed by atoms with Crippen molar-refractivity contribution in [1.29, 1.82) is 0 Å². The number of anilines is 1. The van der Waals surface area contributed by atoms with Crippen molar-refractivity contribution in [3.05, 3.63) is 11.3 Å². The first-order chi connectivity index (χ1) is 8.10. The largest absolute Gasteiger partial charge is 0.481 e. The summed E-state index contributed by atoms with van der Waals surface area (Å²) in [6.45, 7) is 1.26. The van der Waals surface area contributed by atoms with Gasteiger partial charge in [0.1, 0.15) is 6.54 Å². The number of methoxy groups -OCH3 is 1. The fourth-order valence-corrected chi connectivity index (χ4v) is 1.78. The van der Waals surface area contributed by atoms with Crippen LogP contribution in [0.1, 0.15) is 11.3 Å². The van der Waals surface area contributed by atoms with E-state index in [4.69, 9.17) is 9.84 Å². The number of nitrogens with one attached hydrogen (secondary N) is 1. The predicted molar refractivity (Wildman–Crippen MR) is 59.9 cm³/mol. The zero-order chi connectivity index (χ0) is 12.4. The van der Waals surface area contributed by atoms with E-state index in [1.165, 1.54) is 0 Å². The van der Waals surface area contributed by atoms with Crippen molar-refractivity contribution in [3.63, 3.8) is 0 Å². The second kappa shape index (κ2) is 4.54. The molecular formula is C10H14N4O3. The third-order valence-electron chi connectivity index (χ3n) is 2.49. The molecule has 17 heavy (non-hydrogen) atoms. The SMILES string of the molecule is COc1nc(NCC(=O)O)nc2c1CN(C)C2. The van der Waals surface area contributed by atoms with Gasteiger partial charge in [-0.25, -0.2) is 4.98 Å². The van der Waals surface area contributed by atoms with Gasteiger partial charge >= 0.3 is 5.97 Å². The Morgan fingerprint density at radius 1 is 1.53 bits per heavy atom. The van der Waals surface area contributed by atoms with E-state index >= 15 is 0 Å². The maximum Gasteiger partial charge on any atom is 0.322 e. The normalized spacial score (nSPS) is 14.5. The van der Waals surface area contributed by atoms with Crippen molar-refractivity contribution >= 4 is 11.9 Å². The molecule has 2 heterocycles. The molecule has 1 aliphatic rings. The second-order valence-electron chi connectivity index (χ2n) is 3.90. The first-order valence-corrected chi connectivity index (χ1v) is 5.18. The molecule has 2 rings (SSSR count). The number of hydrogen-bond acceptors (Lipinski definition) is 6. The molecule has 0 radical (unpaired) electrons. The van der Waals surface area contributed by atoms with Gasteiger partial charge < -0.3 is 15.2 Å². The third kappa shape index (κ3) is 2.44. The van der Waals surface area contributed by atoms with E-state index in [0.717, 1.165) is 24.3 Å². The van der Waals surface area contributed by atoms with Crippen LogP contribution in [0.5, 0.6) is 5.88 Å². The fourth-order valence-electron chi connectivity index (χ4n) is 1.78. The average molecular weight is 238 g/mol. The number of aromatic nitrogens is 2. The summed E-state index contributed by atoms with van der Waals surface area (Å²) >= 11 is 0. The Kier molecular flexibility index (Phi) is 3.10. The highest BCUT2D eigenvalue weighted by atomic mass is 16.5. The summed E-state index contributed by atoms with van der Waals surface area (Å²) in [7, 11) is 3.52. The molecule has 0 spiro atoms. The summed E-state index contributed by atoms with van der Waals surface area (Å²) in [6, 6.07) is 0. The van der Waals surface area contributed by atoms with Crippen LogP contribution in [-0.4, -0.2) is 46.6 Å². The molecule has 0 aromatic carbocycles.